The molecule has 1 aromatic heterocycles. The van der Waals surface area contributed by atoms with Crippen molar-refractivity contribution in [1.82, 2.24) is 10.3 Å². The van der Waals surface area contributed by atoms with E-state index in [0.29, 0.717) is 18.7 Å². The van der Waals surface area contributed by atoms with Gasteiger partial charge in [-0.2, -0.15) is 0 Å². The fourth-order valence-corrected chi connectivity index (χ4v) is 2.59. The molecule has 0 saturated heterocycles. The number of hydrogen-bond acceptors (Lipinski definition) is 4. The Bertz CT molecular complexity index is 658. The third-order valence-electron chi connectivity index (χ3n) is 3.75. The molecule has 22 heavy (non-hydrogen) atoms. The second kappa shape index (κ2) is 6.47. The molecule has 1 atom stereocenters. The van der Waals surface area contributed by atoms with E-state index in [9.17, 15) is 4.79 Å². The molecule has 1 aromatic carbocycles. The standard InChI is InChI=1S/C17H18N2O3/c1-21-15-4-2-3-14-9-12(11-22-16(14)15)10-19-17(20)13-5-7-18-8-6-13/h2-8,12H,9-11H2,1H3,(H,19,20). The van der Waals surface area contributed by atoms with E-state index in [4.69, 9.17) is 9.47 Å². The fourth-order valence-electron chi connectivity index (χ4n) is 2.59. The summed E-state index contributed by atoms with van der Waals surface area (Å²) < 4.78 is 11.1. The molecule has 0 radical (unpaired) electrons. The van der Waals surface area contributed by atoms with Crippen LogP contribution in [0.4, 0.5) is 0 Å². The number of nitrogens with zero attached hydrogens (tertiary/aromatic N) is 1. The molecule has 2 aromatic rings. The Balaban J connectivity index is 1.60. The van der Waals surface area contributed by atoms with Crippen LogP contribution in [0.25, 0.3) is 0 Å². The molecule has 5 heteroatoms. The second-order valence-electron chi connectivity index (χ2n) is 5.28. The molecule has 0 saturated carbocycles. The number of nitrogens with one attached hydrogen (secondary N) is 1. The van der Waals surface area contributed by atoms with Crippen molar-refractivity contribution in [1.29, 1.82) is 0 Å². The summed E-state index contributed by atoms with van der Waals surface area (Å²) in [6.45, 7) is 1.15. The lowest BCUT2D eigenvalue weighted by Gasteiger charge is -2.26. The molecule has 2 heterocycles. The number of carbonyl (C=O) groups is 1. The van der Waals surface area contributed by atoms with Crippen molar-refractivity contribution in [2.75, 3.05) is 20.3 Å². The number of pyridine rings is 1. The minimum absolute atomic E-state index is 0.0844. The van der Waals surface area contributed by atoms with Gasteiger partial charge in [0.1, 0.15) is 0 Å². The summed E-state index contributed by atoms with van der Waals surface area (Å²) in [5.41, 5.74) is 1.74. The maximum absolute atomic E-state index is 12.0. The number of hydrogen-bond donors (Lipinski definition) is 1. The molecule has 1 unspecified atom stereocenters. The minimum Gasteiger partial charge on any atom is -0.493 e. The largest absolute Gasteiger partial charge is 0.493 e. The van der Waals surface area contributed by atoms with Gasteiger partial charge in [-0.05, 0) is 30.2 Å². The Labute approximate surface area is 129 Å². The van der Waals surface area contributed by atoms with E-state index in [2.05, 4.69) is 10.3 Å². The first-order valence-corrected chi connectivity index (χ1v) is 7.25. The number of methoxy groups -OCH3 is 1. The predicted octanol–water partition coefficient (Wildman–Crippen LogP) is 2.07. The Morgan fingerprint density at radius 2 is 2.18 bits per heavy atom. The first kappa shape index (κ1) is 14.4. The van der Waals surface area contributed by atoms with Gasteiger partial charge in [-0.15, -0.1) is 0 Å². The van der Waals surface area contributed by atoms with E-state index in [0.717, 1.165) is 23.5 Å². The van der Waals surface area contributed by atoms with Gasteiger partial charge in [-0.1, -0.05) is 12.1 Å². The zero-order chi connectivity index (χ0) is 15.4. The Morgan fingerprint density at radius 3 is 2.95 bits per heavy atom. The SMILES string of the molecule is COc1cccc2c1OCC(CNC(=O)c1ccncc1)C2. The molecule has 5 nitrogen and oxygen atoms in total. The van der Waals surface area contributed by atoms with Gasteiger partial charge < -0.3 is 14.8 Å². The third kappa shape index (κ3) is 3.03. The highest BCUT2D eigenvalue weighted by Crippen LogP contribution is 2.35. The lowest BCUT2D eigenvalue weighted by atomic mass is 9.96. The Morgan fingerprint density at radius 1 is 1.36 bits per heavy atom. The van der Waals surface area contributed by atoms with E-state index in [1.807, 2.05) is 18.2 Å². The van der Waals surface area contributed by atoms with Crippen LogP contribution in [-0.2, 0) is 6.42 Å². The normalized spacial score (nSPS) is 16.3. The molecule has 1 aliphatic rings. The first-order valence-electron chi connectivity index (χ1n) is 7.25. The number of carbonyl (C=O) groups excluding carboxylic acids is 1. The molecule has 1 N–H and O–H groups in total. The van der Waals surface area contributed by atoms with Crippen LogP contribution < -0.4 is 14.8 Å². The van der Waals surface area contributed by atoms with Gasteiger partial charge in [0.05, 0.1) is 13.7 Å². The number of aromatic nitrogens is 1. The average molecular weight is 298 g/mol. The van der Waals surface area contributed by atoms with E-state index < -0.39 is 0 Å². The van der Waals surface area contributed by atoms with Gasteiger partial charge in [-0.25, -0.2) is 0 Å². The van der Waals surface area contributed by atoms with E-state index >= 15 is 0 Å². The van der Waals surface area contributed by atoms with Crippen LogP contribution in [0.3, 0.4) is 0 Å². The lowest BCUT2D eigenvalue weighted by molar-refractivity contribution is 0.0938. The van der Waals surface area contributed by atoms with Crippen LogP contribution in [-0.4, -0.2) is 31.2 Å². The second-order valence-corrected chi connectivity index (χ2v) is 5.28. The van der Waals surface area contributed by atoms with Crippen molar-refractivity contribution in [2.24, 2.45) is 5.92 Å². The maximum Gasteiger partial charge on any atom is 0.251 e. The zero-order valence-corrected chi connectivity index (χ0v) is 12.4. The molecule has 0 aliphatic carbocycles. The summed E-state index contributed by atoms with van der Waals surface area (Å²) in [5, 5.41) is 2.95. The molecule has 3 rings (SSSR count). The van der Waals surface area contributed by atoms with Gasteiger partial charge in [0.2, 0.25) is 0 Å². The summed E-state index contributed by atoms with van der Waals surface area (Å²) in [6, 6.07) is 9.29. The molecular formula is C17H18N2O3. The van der Waals surface area contributed by atoms with Crippen LogP contribution in [0.5, 0.6) is 11.5 Å². The molecular weight excluding hydrogens is 280 g/mol. The number of amides is 1. The summed E-state index contributed by atoms with van der Waals surface area (Å²) >= 11 is 0. The van der Waals surface area contributed by atoms with E-state index in [1.54, 1.807) is 31.6 Å². The van der Waals surface area contributed by atoms with Crippen molar-refractivity contribution < 1.29 is 14.3 Å². The van der Waals surface area contributed by atoms with Gasteiger partial charge in [0.15, 0.2) is 11.5 Å². The predicted molar refractivity (Wildman–Crippen MR) is 82.3 cm³/mol. The van der Waals surface area contributed by atoms with Crippen molar-refractivity contribution in [3.8, 4) is 11.5 Å². The topological polar surface area (TPSA) is 60.5 Å². The summed E-state index contributed by atoms with van der Waals surface area (Å²) in [7, 11) is 1.64. The summed E-state index contributed by atoms with van der Waals surface area (Å²) in [5.74, 6) is 1.75. The van der Waals surface area contributed by atoms with Crippen molar-refractivity contribution in [3.63, 3.8) is 0 Å². The highest BCUT2D eigenvalue weighted by molar-refractivity contribution is 5.93. The van der Waals surface area contributed by atoms with E-state index in [-0.39, 0.29) is 11.8 Å². The quantitative estimate of drug-likeness (QED) is 0.938. The van der Waals surface area contributed by atoms with Crippen molar-refractivity contribution >= 4 is 5.91 Å². The number of benzene rings is 1. The smallest absolute Gasteiger partial charge is 0.251 e. The molecule has 1 amide bonds. The van der Waals surface area contributed by atoms with Crippen LogP contribution >= 0.6 is 0 Å². The monoisotopic (exact) mass is 298 g/mol. The number of rotatable bonds is 4. The van der Waals surface area contributed by atoms with Crippen LogP contribution in [0, 0.1) is 5.92 Å². The summed E-state index contributed by atoms with van der Waals surface area (Å²) in [4.78, 5) is 15.9. The third-order valence-corrected chi connectivity index (χ3v) is 3.75. The van der Waals surface area contributed by atoms with Gasteiger partial charge in [0, 0.05) is 30.4 Å². The van der Waals surface area contributed by atoms with E-state index in [1.165, 1.54) is 0 Å². The number of para-hydroxylation sites is 1. The van der Waals surface area contributed by atoms with Crippen molar-refractivity contribution in [3.05, 3.63) is 53.9 Å². The number of fused-ring (bicyclic) bond motifs is 1. The average Bonchev–Trinajstić information content (AvgIpc) is 2.59. The highest BCUT2D eigenvalue weighted by atomic mass is 16.5. The van der Waals surface area contributed by atoms with Crippen molar-refractivity contribution in [2.45, 2.75) is 6.42 Å². The Hall–Kier alpha value is -2.56. The molecule has 0 spiro atoms. The number of ether oxygens (including phenoxy) is 2. The van der Waals surface area contributed by atoms with Gasteiger partial charge in [0.25, 0.3) is 5.91 Å². The Kier molecular flexibility index (Phi) is 4.23. The maximum atomic E-state index is 12.0. The molecule has 0 bridgehead atoms. The highest BCUT2D eigenvalue weighted by Gasteiger charge is 2.23. The van der Waals surface area contributed by atoms with Crippen LogP contribution in [0.15, 0.2) is 42.7 Å². The lowest BCUT2D eigenvalue weighted by Crippen LogP contribution is -2.34. The van der Waals surface area contributed by atoms with Crippen LogP contribution in [0.2, 0.25) is 0 Å². The van der Waals surface area contributed by atoms with Gasteiger partial charge >= 0.3 is 0 Å². The minimum atomic E-state index is -0.0844. The first-order chi connectivity index (χ1) is 10.8. The summed E-state index contributed by atoms with van der Waals surface area (Å²) in [6.07, 6.45) is 4.09. The zero-order valence-electron chi connectivity index (χ0n) is 12.4. The molecule has 0 fully saturated rings. The fraction of sp³-hybridized carbons (Fsp3) is 0.294. The molecule has 114 valence electrons. The molecule has 1 aliphatic heterocycles. The van der Waals surface area contributed by atoms with Gasteiger partial charge in [-0.3, -0.25) is 9.78 Å². The van der Waals surface area contributed by atoms with Crippen LogP contribution in [0.1, 0.15) is 15.9 Å².